The van der Waals surface area contributed by atoms with Crippen LogP contribution in [0.1, 0.15) is 0 Å². The standard InChI is InChI=1S/C32H21N/c1-2-8-22(9-3-1)23-14-18-26(19-15-23)33-29-20-16-24-10-4-6-12-27(24)31(29)32-28-13-7-5-11-25(28)17-21-30(32)33/h1-21H. The molecule has 1 nitrogen and oxygen atoms in total. The minimum absolute atomic E-state index is 1.18. The summed E-state index contributed by atoms with van der Waals surface area (Å²) in [5, 5.41) is 7.80. The van der Waals surface area contributed by atoms with Crippen molar-refractivity contribution in [3.05, 3.63) is 127 Å². The number of rotatable bonds is 2. The lowest BCUT2D eigenvalue weighted by Gasteiger charge is -2.10. The van der Waals surface area contributed by atoms with Crippen LogP contribution in [0.15, 0.2) is 127 Å². The fourth-order valence-electron chi connectivity index (χ4n) is 5.26. The van der Waals surface area contributed by atoms with Crippen molar-refractivity contribution in [1.29, 1.82) is 0 Å². The zero-order chi connectivity index (χ0) is 21.8. The predicted molar refractivity (Wildman–Crippen MR) is 141 cm³/mol. The van der Waals surface area contributed by atoms with Gasteiger partial charge in [0.2, 0.25) is 0 Å². The van der Waals surface area contributed by atoms with Crippen LogP contribution in [0.25, 0.3) is 60.2 Å². The van der Waals surface area contributed by atoms with Crippen molar-refractivity contribution in [3.63, 3.8) is 0 Å². The van der Waals surface area contributed by atoms with Crippen LogP contribution in [0.3, 0.4) is 0 Å². The van der Waals surface area contributed by atoms with Crippen LogP contribution < -0.4 is 0 Å². The van der Waals surface area contributed by atoms with Gasteiger partial charge in [0, 0.05) is 16.5 Å². The normalized spacial score (nSPS) is 11.6. The number of hydrogen-bond donors (Lipinski definition) is 0. The molecule has 0 N–H and O–H groups in total. The van der Waals surface area contributed by atoms with Gasteiger partial charge in [0.1, 0.15) is 0 Å². The summed E-state index contributed by atoms with van der Waals surface area (Å²) in [6, 6.07) is 46.0. The molecule has 1 aromatic heterocycles. The number of hydrogen-bond acceptors (Lipinski definition) is 0. The minimum Gasteiger partial charge on any atom is -0.309 e. The molecule has 0 aliphatic rings. The summed E-state index contributed by atoms with van der Waals surface area (Å²) < 4.78 is 2.42. The van der Waals surface area contributed by atoms with Gasteiger partial charge in [-0.2, -0.15) is 0 Å². The van der Waals surface area contributed by atoms with Gasteiger partial charge in [-0.05, 0) is 56.9 Å². The number of benzene rings is 6. The molecular weight excluding hydrogens is 398 g/mol. The lowest BCUT2D eigenvalue weighted by Crippen LogP contribution is -1.93. The summed E-state index contributed by atoms with van der Waals surface area (Å²) in [6.45, 7) is 0. The van der Waals surface area contributed by atoms with Gasteiger partial charge < -0.3 is 4.57 Å². The monoisotopic (exact) mass is 419 g/mol. The van der Waals surface area contributed by atoms with Crippen LogP contribution in [0.2, 0.25) is 0 Å². The van der Waals surface area contributed by atoms with E-state index < -0.39 is 0 Å². The van der Waals surface area contributed by atoms with Crippen molar-refractivity contribution in [2.75, 3.05) is 0 Å². The van der Waals surface area contributed by atoms with Gasteiger partial charge in [-0.25, -0.2) is 0 Å². The third-order valence-electron chi connectivity index (χ3n) is 6.78. The Morgan fingerprint density at radius 2 is 0.848 bits per heavy atom. The molecule has 0 amide bonds. The Balaban J connectivity index is 1.59. The van der Waals surface area contributed by atoms with Crippen molar-refractivity contribution in [3.8, 4) is 16.8 Å². The first-order valence-corrected chi connectivity index (χ1v) is 11.4. The maximum atomic E-state index is 2.42. The first kappa shape index (κ1) is 18.2. The predicted octanol–water partition coefficient (Wildman–Crippen LogP) is 8.76. The Bertz CT molecular complexity index is 1700. The Morgan fingerprint density at radius 1 is 0.364 bits per heavy atom. The highest BCUT2D eigenvalue weighted by atomic mass is 15.0. The van der Waals surface area contributed by atoms with E-state index in [1.807, 2.05) is 0 Å². The summed E-state index contributed by atoms with van der Waals surface area (Å²) >= 11 is 0. The molecule has 33 heavy (non-hydrogen) atoms. The Kier molecular flexibility index (Phi) is 3.91. The molecule has 0 saturated carbocycles. The zero-order valence-corrected chi connectivity index (χ0v) is 18.1. The topological polar surface area (TPSA) is 4.93 Å². The van der Waals surface area contributed by atoms with E-state index >= 15 is 0 Å². The Morgan fingerprint density at radius 3 is 1.42 bits per heavy atom. The molecule has 7 rings (SSSR count). The third kappa shape index (κ3) is 2.73. The fraction of sp³-hybridized carbons (Fsp3) is 0. The molecule has 7 aromatic rings. The molecule has 154 valence electrons. The second kappa shape index (κ2) is 7.08. The van der Waals surface area contributed by atoms with Gasteiger partial charge in [0.25, 0.3) is 0 Å². The molecular formula is C32H21N. The first-order chi connectivity index (χ1) is 16.4. The molecule has 0 radical (unpaired) electrons. The average Bonchev–Trinajstić information content (AvgIpc) is 3.24. The van der Waals surface area contributed by atoms with Crippen LogP contribution >= 0.6 is 0 Å². The van der Waals surface area contributed by atoms with Crippen molar-refractivity contribution in [2.45, 2.75) is 0 Å². The zero-order valence-electron chi connectivity index (χ0n) is 18.1. The quantitative estimate of drug-likeness (QED) is 0.264. The smallest absolute Gasteiger partial charge is 0.0547 e. The van der Waals surface area contributed by atoms with E-state index in [2.05, 4.69) is 132 Å². The van der Waals surface area contributed by atoms with Crippen molar-refractivity contribution >= 4 is 43.4 Å². The van der Waals surface area contributed by atoms with Gasteiger partial charge in [-0.1, -0.05) is 103 Å². The molecule has 0 aliphatic carbocycles. The van der Waals surface area contributed by atoms with Crippen molar-refractivity contribution < 1.29 is 0 Å². The number of nitrogens with zero attached hydrogens (tertiary/aromatic N) is 1. The van der Waals surface area contributed by atoms with Gasteiger partial charge in [0.05, 0.1) is 11.0 Å². The molecule has 1 heterocycles. The Hall–Kier alpha value is -4.36. The first-order valence-electron chi connectivity index (χ1n) is 11.4. The Labute approximate surface area is 192 Å². The fourth-order valence-corrected chi connectivity index (χ4v) is 5.26. The van der Waals surface area contributed by atoms with Crippen LogP contribution in [-0.2, 0) is 0 Å². The summed E-state index contributed by atoms with van der Waals surface area (Å²) in [5.41, 5.74) is 6.14. The SMILES string of the molecule is c1ccc(-c2ccc(-n3c4ccc5ccccc5c4c4c5ccccc5ccc43)cc2)cc1. The second-order valence-corrected chi connectivity index (χ2v) is 8.61. The van der Waals surface area contributed by atoms with Crippen LogP contribution in [0.5, 0.6) is 0 Å². The van der Waals surface area contributed by atoms with Gasteiger partial charge >= 0.3 is 0 Å². The summed E-state index contributed by atoms with van der Waals surface area (Å²) in [4.78, 5) is 0. The molecule has 0 bridgehead atoms. The molecule has 0 saturated heterocycles. The van der Waals surface area contributed by atoms with Gasteiger partial charge in [0.15, 0.2) is 0 Å². The molecule has 6 aromatic carbocycles. The highest BCUT2D eigenvalue weighted by Gasteiger charge is 2.16. The van der Waals surface area contributed by atoms with Crippen LogP contribution in [0.4, 0.5) is 0 Å². The molecule has 0 spiro atoms. The van der Waals surface area contributed by atoms with E-state index in [9.17, 15) is 0 Å². The summed E-state index contributed by atoms with van der Waals surface area (Å²) in [6.07, 6.45) is 0. The van der Waals surface area contributed by atoms with E-state index in [1.54, 1.807) is 0 Å². The highest BCUT2D eigenvalue weighted by Crippen LogP contribution is 2.40. The number of aromatic nitrogens is 1. The second-order valence-electron chi connectivity index (χ2n) is 8.61. The van der Waals surface area contributed by atoms with E-state index in [-0.39, 0.29) is 0 Å². The average molecular weight is 420 g/mol. The van der Waals surface area contributed by atoms with Crippen molar-refractivity contribution in [1.82, 2.24) is 4.57 Å². The number of fused-ring (bicyclic) bond motifs is 7. The molecule has 0 atom stereocenters. The van der Waals surface area contributed by atoms with E-state index in [4.69, 9.17) is 0 Å². The van der Waals surface area contributed by atoms with Gasteiger partial charge in [-0.3, -0.25) is 0 Å². The third-order valence-corrected chi connectivity index (χ3v) is 6.78. The maximum Gasteiger partial charge on any atom is 0.0547 e. The van der Waals surface area contributed by atoms with Crippen LogP contribution in [-0.4, -0.2) is 4.57 Å². The minimum atomic E-state index is 1.18. The maximum absolute atomic E-state index is 2.42. The summed E-state index contributed by atoms with van der Waals surface area (Å²) in [7, 11) is 0. The molecule has 0 aliphatic heterocycles. The lowest BCUT2D eigenvalue weighted by atomic mass is 10.00. The largest absolute Gasteiger partial charge is 0.309 e. The molecule has 0 unspecified atom stereocenters. The summed E-state index contributed by atoms with van der Waals surface area (Å²) in [5.74, 6) is 0. The van der Waals surface area contributed by atoms with E-state index in [0.717, 1.165) is 0 Å². The van der Waals surface area contributed by atoms with Crippen molar-refractivity contribution in [2.24, 2.45) is 0 Å². The highest BCUT2D eigenvalue weighted by molar-refractivity contribution is 6.28. The molecule has 1 heteroatoms. The van der Waals surface area contributed by atoms with E-state index in [1.165, 1.54) is 60.2 Å². The van der Waals surface area contributed by atoms with E-state index in [0.29, 0.717) is 0 Å². The molecule has 0 fully saturated rings. The van der Waals surface area contributed by atoms with Gasteiger partial charge in [-0.15, -0.1) is 0 Å². The van der Waals surface area contributed by atoms with Crippen LogP contribution in [0, 0.1) is 0 Å². The lowest BCUT2D eigenvalue weighted by molar-refractivity contribution is 1.18.